The lowest BCUT2D eigenvalue weighted by Gasteiger charge is -2.26. The number of unbranched alkanes of at least 4 members (excludes halogenated alkanes) is 1. The first-order chi connectivity index (χ1) is 7.41. The number of hydrogen-bond donors (Lipinski definition) is 1. The number of aliphatic carboxylic acids is 1. The first kappa shape index (κ1) is 15.2. The van der Waals surface area contributed by atoms with E-state index in [0.29, 0.717) is 0 Å². The third kappa shape index (κ3) is 7.49. The minimum atomic E-state index is -1.68. The van der Waals surface area contributed by atoms with Gasteiger partial charge < -0.3 is 9.53 Å². The minimum Gasteiger partial charge on any atom is -0.472 e. The van der Waals surface area contributed by atoms with Crippen LogP contribution in [0.5, 0.6) is 0 Å². The van der Waals surface area contributed by atoms with Gasteiger partial charge in [0.05, 0.1) is 0 Å². The van der Waals surface area contributed by atoms with E-state index in [9.17, 15) is 4.79 Å². The van der Waals surface area contributed by atoms with E-state index in [1.54, 1.807) is 0 Å². The van der Waals surface area contributed by atoms with Crippen LogP contribution in [0.2, 0.25) is 19.1 Å². The van der Waals surface area contributed by atoms with Crippen molar-refractivity contribution in [2.24, 2.45) is 0 Å². The number of hydrogen-bond acceptors (Lipinski definition) is 2. The molecule has 0 fully saturated rings. The van der Waals surface area contributed by atoms with Crippen molar-refractivity contribution in [2.45, 2.75) is 58.4 Å². The van der Waals surface area contributed by atoms with Gasteiger partial charge in [0.1, 0.15) is 6.10 Å². The second-order valence-electron chi connectivity index (χ2n) is 4.45. The molecule has 0 heterocycles. The second-order valence-corrected chi connectivity index (χ2v) is 8.71. The molecule has 0 aliphatic heterocycles. The van der Waals surface area contributed by atoms with E-state index in [1.165, 1.54) is 6.42 Å². The smallest absolute Gasteiger partial charge is 0.381 e. The lowest BCUT2D eigenvalue weighted by molar-refractivity contribution is -0.130. The van der Waals surface area contributed by atoms with Crippen LogP contribution in [-0.4, -0.2) is 25.5 Å². The Hall–Kier alpha value is -0.793. The van der Waals surface area contributed by atoms with Gasteiger partial charge in [0.15, 0.2) is 8.32 Å². The van der Waals surface area contributed by atoms with Crippen molar-refractivity contribution in [3.8, 4) is 11.8 Å². The number of carboxylic acids is 1. The van der Waals surface area contributed by atoms with Gasteiger partial charge in [-0.1, -0.05) is 32.6 Å². The highest BCUT2D eigenvalue weighted by atomic mass is 28.4. The van der Waals surface area contributed by atoms with Crippen LogP contribution in [0, 0.1) is 11.8 Å². The molecule has 1 atom stereocenters. The van der Waals surface area contributed by atoms with Crippen LogP contribution in [-0.2, 0) is 9.22 Å². The Labute approximate surface area is 99.3 Å². The molecule has 0 rings (SSSR count). The molecule has 4 heteroatoms. The first-order valence-electron chi connectivity index (χ1n) is 5.83. The molecule has 3 nitrogen and oxygen atoms in total. The van der Waals surface area contributed by atoms with Crippen molar-refractivity contribution >= 4 is 14.3 Å². The van der Waals surface area contributed by atoms with E-state index in [-0.39, 0.29) is 6.10 Å². The van der Waals surface area contributed by atoms with E-state index < -0.39 is 14.3 Å². The maximum Gasteiger partial charge on any atom is 0.381 e. The van der Waals surface area contributed by atoms with Gasteiger partial charge in [0, 0.05) is 5.92 Å². The van der Waals surface area contributed by atoms with Crippen molar-refractivity contribution in [1.82, 2.24) is 0 Å². The summed E-state index contributed by atoms with van der Waals surface area (Å²) in [6.45, 7) is 8.44. The molecule has 0 aliphatic carbocycles. The van der Waals surface area contributed by atoms with Crippen molar-refractivity contribution in [1.29, 1.82) is 0 Å². The summed E-state index contributed by atoms with van der Waals surface area (Å²) in [5.41, 5.74) is 0. The molecule has 0 aromatic heterocycles. The average Bonchev–Trinajstić information content (AvgIpc) is 2.21. The largest absolute Gasteiger partial charge is 0.472 e. The van der Waals surface area contributed by atoms with Gasteiger partial charge in [-0.2, -0.15) is 0 Å². The predicted molar refractivity (Wildman–Crippen MR) is 67.8 cm³/mol. The second kappa shape index (κ2) is 7.48. The van der Waals surface area contributed by atoms with Crippen LogP contribution in [0.3, 0.4) is 0 Å². The van der Waals surface area contributed by atoms with Gasteiger partial charge in [-0.3, -0.25) is 0 Å². The van der Waals surface area contributed by atoms with Gasteiger partial charge in [-0.05, 0) is 25.6 Å². The molecular weight excluding hydrogens is 220 g/mol. The topological polar surface area (TPSA) is 46.5 Å². The molecule has 0 amide bonds. The van der Waals surface area contributed by atoms with Crippen LogP contribution < -0.4 is 0 Å². The maximum atomic E-state index is 10.3. The first-order valence-corrected chi connectivity index (χ1v) is 8.95. The van der Waals surface area contributed by atoms with Crippen LogP contribution in [0.1, 0.15) is 33.1 Å². The standard InChI is InChI=1S/C12H22O3Si/c1-5-7-10-16(3,4)15-11(6-2)8-9-12(13)14/h11H,5-7,10H2,1-4H3,(H,13,14). The molecular formula is C12H22O3Si. The fourth-order valence-electron chi connectivity index (χ4n) is 1.40. The van der Waals surface area contributed by atoms with E-state index in [4.69, 9.17) is 9.53 Å². The molecule has 16 heavy (non-hydrogen) atoms. The fourth-order valence-corrected chi connectivity index (χ4v) is 3.72. The zero-order chi connectivity index (χ0) is 12.6. The van der Waals surface area contributed by atoms with E-state index in [2.05, 4.69) is 31.9 Å². The van der Waals surface area contributed by atoms with Crippen LogP contribution >= 0.6 is 0 Å². The summed E-state index contributed by atoms with van der Waals surface area (Å²) in [5, 5.41) is 8.48. The third-order valence-corrected chi connectivity index (χ3v) is 4.78. The highest BCUT2D eigenvalue weighted by molar-refractivity contribution is 6.71. The molecule has 0 aromatic carbocycles. The molecule has 92 valence electrons. The Morgan fingerprint density at radius 3 is 2.50 bits per heavy atom. The van der Waals surface area contributed by atoms with Gasteiger partial charge in [-0.15, -0.1) is 0 Å². The van der Waals surface area contributed by atoms with Crippen molar-refractivity contribution < 1.29 is 14.3 Å². The minimum absolute atomic E-state index is 0.227. The maximum absolute atomic E-state index is 10.3. The SMILES string of the molecule is CCCC[Si](C)(C)OC(C#CC(=O)O)CC. The van der Waals surface area contributed by atoms with Crippen LogP contribution in [0.4, 0.5) is 0 Å². The van der Waals surface area contributed by atoms with E-state index in [1.807, 2.05) is 6.92 Å². The molecule has 1 unspecified atom stereocenters. The Morgan fingerprint density at radius 2 is 2.06 bits per heavy atom. The lowest BCUT2D eigenvalue weighted by Crippen LogP contribution is -2.34. The monoisotopic (exact) mass is 242 g/mol. The van der Waals surface area contributed by atoms with E-state index in [0.717, 1.165) is 18.9 Å². The summed E-state index contributed by atoms with van der Waals surface area (Å²) < 4.78 is 5.94. The van der Waals surface area contributed by atoms with Gasteiger partial charge in [0.25, 0.3) is 0 Å². The summed E-state index contributed by atoms with van der Waals surface area (Å²) >= 11 is 0. The van der Waals surface area contributed by atoms with Crippen molar-refractivity contribution in [3.63, 3.8) is 0 Å². The lowest BCUT2D eigenvalue weighted by atomic mass is 10.3. The average molecular weight is 242 g/mol. The van der Waals surface area contributed by atoms with Crippen LogP contribution in [0.15, 0.2) is 0 Å². The summed E-state index contributed by atoms with van der Waals surface area (Å²) in [6, 6.07) is 1.11. The summed E-state index contributed by atoms with van der Waals surface area (Å²) in [4.78, 5) is 10.3. The molecule has 0 bridgehead atoms. The zero-order valence-electron chi connectivity index (χ0n) is 10.7. The van der Waals surface area contributed by atoms with E-state index >= 15 is 0 Å². The van der Waals surface area contributed by atoms with Gasteiger partial charge in [-0.25, -0.2) is 4.79 Å². The summed E-state index contributed by atoms with van der Waals surface area (Å²) in [6.07, 6.45) is 2.84. The number of rotatable bonds is 6. The van der Waals surface area contributed by atoms with Gasteiger partial charge in [0.2, 0.25) is 0 Å². The summed E-state index contributed by atoms with van der Waals surface area (Å²) in [5.74, 6) is 3.72. The molecule has 0 aliphatic rings. The molecule has 0 saturated carbocycles. The highest BCUT2D eigenvalue weighted by Crippen LogP contribution is 2.18. The van der Waals surface area contributed by atoms with Gasteiger partial charge >= 0.3 is 5.97 Å². The normalized spacial score (nSPS) is 12.8. The van der Waals surface area contributed by atoms with Crippen molar-refractivity contribution in [3.05, 3.63) is 0 Å². The zero-order valence-corrected chi connectivity index (χ0v) is 11.7. The molecule has 0 radical (unpaired) electrons. The highest BCUT2D eigenvalue weighted by Gasteiger charge is 2.24. The molecule has 0 saturated heterocycles. The Balaban J connectivity index is 4.31. The van der Waals surface area contributed by atoms with Crippen LogP contribution in [0.25, 0.3) is 0 Å². The molecule has 0 aromatic rings. The quantitative estimate of drug-likeness (QED) is 0.575. The Morgan fingerprint density at radius 1 is 1.44 bits per heavy atom. The summed E-state index contributed by atoms with van der Waals surface area (Å²) in [7, 11) is -1.68. The number of carbonyl (C=O) groups is 1. The Bertz CT molecular complexity index is 276. The number of carboxylic acid groups (broad SMARTS) is 1. The third-order valence-electron chi connectivity index (χ3n) is 2.30. The molecule has 0 spiro atoms. The molecule has 1 N–H and O–H groups in total. The Kier molecular flexibility index (Phi) is 7.10. The fraction of sp³-hybridized carbons (Fsp3) is 0.750. The van der Waals surface area contributed by atoms with Crippen molar-refractivity contribution in [2.75, 3.05) is 0 Å². The predicted octanol–water partition coefficient (Wildman–Crippen LogP) is 2.87.